The van der Waals surface area contributed by atoms with Gasteiger partial charge in [-0.1, -0.05) is 23.5 Å². The summed E-state index contributed by atoms with van der Waals surface area (Å²) in [6.07, 6.45) is 0. The molecule has 0 spiro atoms. The molecule has 0 aliphatic heterocycles. The molecule has 0 radical (unpaired) electrons. The maximum absolute atomic E-state index is 13.2. The lowest BCUT2D eigenvalue weighted by Crippen LogP contribution is -2.34. The van der Waals surface area contributed by atoms with Crippen LogP contribution in [0.2, 0.25) is 0 Å². The number of halogens is 1. The first-order chi connectivity index (χ1) is 14.1. The standard InChI is InChI=1S/C20H18FN5O2S/c1-13-22-18(24-26(13)15-9-7-14(21)8-10-15)19(27)25(11-12-28-2)20-23-16-5-3-4-6-17(16)29-20/h3-10H,11-12H2,1-2H3. The molecule has 29 heavy (non-hydrogen) atoms. The normalized spacial score (nSPS) is 11.1. The number of aryl methyl sites for hydroxylation is 1. The zero-order valence-electron chi connectivity index (χ0n) is 15.9. The SMILES string of the molecule is COCCN(C(=O)c1nc(C)n(-c2ccc(F)cc2)n1)c1nc2ccccc2s1. The number of rotatable bonds is 6. The van der Waals surface area contributed by atoms with Gasteiger partial charge in [0, 0.05) is 7.11 Å². The maximum Gasteiger partial charge on any atom is 0.299 e. The van der Waals surface area contributed by atoms with Crippen LogP contribution >= 0.6 is 11.3 Å². The number of fused-ring (bicyclic) bond motifs is 1. The van der Waals surface area contributed by atoms with Gasteiger partial charge in [-0.05, 0) is 43.3 Å². The average Bonchev–Trinajstić information content (AvgIpc) is 3.32. The Morgan fingerprint density at radius 1 is 1.17 bits per heavy atom. The Kier molecular flexibility index (Phi) is 5.32. The van der Waals surface area contributed by atoms with Crippen molar-refractivity contribution in [3.8, 4) is 5.69 Å². The highest BCUT2D eigenvalue weighted by Gasteiger charge is 2.25. The molecule has 7 nitrogen and oxygen atoms in total. The maximum atomic E-state index is 13.2. The molecule has 0 saturated heterocycles. The second-order valence-electron chi connectivity index (χ2n) is 6.28. The van der Waals surface area contributed by atoms with E-state index in [2.05, 4.69) is 15.1 Å². The second-order valence-corrected chi connectivity index (χ2v) is 7.29. The van der Waals surface area contributed by atoms with E-state index >= 15 is 0 Å². The van der Waals surface area contributed by atoms with E-state index in [0.717, 1.165) is 10.2 Å². The number of ether oxygens (including phenoxy) is 1. The number of nitrogens with zero attached hydrogens (tertiary/aromatic N) is 5. The number of amides is 1. The van der Waals surface area contributed by atoms with Gasteiger partial charge in [0.2, 0.25) is 5.82 Å². The van der Waals surface area contributed by atoms with Gasteiger partial charge in [0.15, 0.2) is 5.13 Å². The Balaban J connectivity index is 1.69. The molecule has 0 saturated carbocycles. The highest BCUT2D eigenvalue weighted by molar-refractivity contribution is 7.22. The molecule has 0 aliphatic carbocycles. The molecular formula is C20H18FN5O2S. The lowest BCUT2D eigenvalue weighted by atomic mass is 10.3. The summed E-state index contributed by atoms with van der Waals surface area (Å²) < 4.78 is 20.9. The van der Waals surface area contributed by atoms with Crippen molar-refractivity contribution in [2.45, 2.75) is 6.92 Å². The quantitative estimate of drug-likeness (QED) is 0.485. The third kappa shape index (κ3) is 3.87. The van der Waals surface area contributed by atoms with Crippen LogP contribution in [0.25, 0.3) is 15.9 Å². The second kappa shape index (κ2) is 8.06. The highest BCUT2D eigenvalue weighted by Crippen LogP contribution is 2.29. The molecule has 0 fully saturated rings. The molecule has 0 atom stereocenters. The summed E-state index contributed by atoms with van der Waals surface area (Å²) in [5.74, 6) is -0.146. The van der Waals surface area contributed by atoms with E-state index in [-0.39, 0.29) is 17.5 Å². The molecule has 0 N–H and O–H groups in total. The van der Waals surface area contributed by atoms with Crippen LogP contribution in [-0.4, -0.2) is 45.9 Å². The minimum absolute atomic E-state index is 0.0437. The Hall–Kier alpha value is -3.17. The Morgan fingerprint density at radius 2 is 1.93 bits per heavy atom. The third-order valence-corrected chi connectivity index (χ3v) is 5.37. The van der Waals surface area contributed by atoms with Crippen LogP contribution < -0.4 is 4.90 Å². The minimum Gasteiger partial charge on any atom is -0.383 e. The number of benzene rings is 2. The lowest BCUT2D eigenvalue weighted by Gasteiger charge is -2.17. The van der Waals surface area contributed by atoms with E-state index in [1.165, 1.54) is 33.1 Å². The predicted molar refractivity (Wildman–Crippen MR) is 109 cm³/mol. The van der Waals surface area contributed by atoms with E-state index in [1.807, 2.05) is 24.3 Å². The number of aromatic nitrogens is 4. The highest BCUT2D eigenvalue weighted by atomic mass is 32.1. The number of anilines is 1. The molecule has 9 heteroatoms. The topological polar surface area (TPSA) is 73.1 Å². The Bertz CT molecular complexity index is 1120. The lowest BCUT2D eigenvalue weighted by molar-refractivity contribution is 0.0966. The van der Waals surface area contributed by atoms with E-state index in [9.17, 15) is 9.18 Å². The van der Waals surface area contributed by atoms with Crippen LogP contribution in [0.3, 0.4) is 0 Å². The van der Waals surface area contributed by atoms with Crippen LogP contribution in [0.1, 0.15) is 16.4 Å². The van der Waals surface area contributed by atoms with Gasteiger partial charge < -0.3 is 4.74 Å². The molecule has 2 aromatic carbocycles. The summed E-state index contributed by atoms with van der Waals surface area (Å²) in [4.78, 5) is 23.6. The van der Waals surface area contributed by atoms with Crippen molar-refractivity contribution in [1.29, 1.82) is 0 Å². The summed E-state index contributed by atoms with van der Waals surface area (Å²) in [7, 11) is 1.58. The van der Waals surface area contributed by atoms with E-state index < -0.39 is 0 Å². The minimum atomic E-state index is -0.370. The fourth-order valence-corrected chi connectivity index (χ4v) is 3.86. The van der Waals surface area contributed by atoms with Gasteiger partial charge in [-0.2, -0.15) is 0 Å². The number of methoxy groups -OCH3 is 1. The number of hydrogen-bond acceptors (Lipinski definition) is 6. The van der Waals surface area contributed by atoms with Gasteiger partial charge in [0.05, 0.1) is 29.1 Å². The van der Waals surface area contributed by atoms with Crippen molar-refractivity contribution in [3.63, 3.8) is 0 Å². The van der Waals surface area contributed by atoms with Crippen LogP contribution in [0.5, 0.6) is 0 Å². The van der Waals surface area contributed by atoms with Gasteiger partial charge in [-0.25, -0.2) is 19.0 Å². The number of thiazole rings is 1. The fraction of sp³-hybridized carbons (Fsp3) is 0.200. The fourth-order valence-electron chi connectivity index (χ4n) is 2.87. The zero-order chi connectivity index (χ0) is 20.4. The smallest absolute Gasteiger partial charge is 0.299 e. The van der Waals surface area contributed by atoms with Gasteiger partial charge in [0.1, 0.15) is 11.6 Å². The first-order valence-electron chi connectivity index (χ1n) is 8.93. The van der Waals surface area contributed by atoms with Crippen molar-refractivity contribution < 1.29 is 13.9 Å². The van der Waals surface area contributed by atoms with Crippen LogP contribution in [0, 0.1) is 12.7 Å². The number of carbonyl (C=O) groups is 1. The summed E-state index contributed by atoms with van der Waals surface area (Å²) in [6, 6.07) is 13.5. The molecule has 0 unspecified atom stereocenters. The molecule has 0 aliphatic rings. The predicted octanol–water partition coefficient (Wildman–Crippen LogP) is 3.62. The number of para-hydroxylation sites is 1. The Labute approximate surface area is 170 Å². The summed E-state index contributed by atoms with van der Waals surface area (Å²) in [5.41, 5.74) is 1.45. The van der Waals surface area contributed by atoms with E-state index in [1.54, 1.807) is 26.2 Å². The van der Waals surface area contributed by atoms with E-state index in [0.29, 0.717) is 29.8 Å². The van der Waals surface area contributed by atoms with Crippen molar-refractivity contribution in [2.24, 2.45) is 0 Å². The first kappa shape index (κ1) is 19.2. The number of carbonyl (C=O) groups excluding carboxylic acids is 1. The van der Waals surface area contributed by atoms with Crippen molar-refractivity contribution in [2.75, 3.05) is 25.2 Å². The van der Waals surface area contributed by atoms with Gasteiger partial charge in [-0.3, -0.25) is 9.69 Å². The summed E-state index contributed by atoms with van der Waals surface area (Å²) >= 11 is 1.42. The monoisotopic (exact) mass is 411 g/mol. The molecule has 148 valence electrons. The third-order valence-electron chi connectivity index (χ3n) is 4.31. The average molecular weight is 411 g/mol. The van der Waals surface area contributed by atoms with E-state index in [4.69, 9.17) is 4.74 Å². The molecule has 2 aromatic heterocycles. The molecule has 2 heterocycles. The van der Waals surface area contributed by atoms with Gasteiger partial charge in [0.25, 0.3) is 5.91 Å². The van der Waals surface area contributed by atoms with Crippen molar-refractivity contribution in [1.82, 2.24) is 19.7 Å². The molecule has 4 rings (SSSR count). The molecular weight excluding hydrogens is 393 g/mol. The van der Waals surface area contributed by atoms with Crippen molar-refractivity contribution in [3.05, 3.63) is 66.0 Å². The number of hydrogen-bond donors (Lipinski definition) is 0. The van der Waals surface area contributed by atoms with Crippen LogP contribution in [0.4, 0.5) is 9.52 Å². The van der Waals surface area contributed by atoms with Crippen molar-refractivity contribution >= 4 is 32.6 Å². The van der Waals surface area contributed by atoms with Gasteiger partial charge in [-0.15, -0.1) is 5.10 Å². The molecule has 1 amide bonds. The van der Waals surface area contributed by atoms with Crippen LogP contribution in [-0.2, 0) is 4.74 Å². The van der Waals surface area contributed by atoms with Crippen LogP contribution in [0.15, 0.2) is 48.5 Å². The zero-order valence-corrected chi connectivity index (χ0v) is 16.7. The largest absolute Gasteiger partial charge is 0.383 e. The molecule has 4 aromatic rings. The Morgan fingerprint density at radius 3 is 2.66 bits per heavy atom. The first-order valence-corrected chi connectivity index (χ1v) is 9.74. The van der Waals surface area contributed by atoms with Gasteiger partial charge >= 0.3 is 0 Å². The molecule has 0 bridgehead atoms. The summed E-state index contributed by atoms with van der Waals surface area (Å²) in [6.45, 7) is 2.41. The summed E-state index contributed by atoms with van der Waals surface area (Å²) in [5, 5.41) is 4.91.